The lowest BCUT2D eigenvalue weighted by Crippen LogP contribution is -2.38. The first-order valence-corrected chi connectivity index (χ1v) is 9.25. The number of hydrogen-bond donors (Lipinski definition) is 2. The third-order valence-electron chi connectivity index (χ3n) is 3.51. The summed E-state index contributed by atoms with van der Waals surface area (Å²) in [4.78, 5) is 4.14. The molecule has 0 aromatic heterocycles. The molecule has 1 aromatic rings. The molecule has 0 aliphatic rings. The van der Waals surface area contributed by atoms with Gasteiger partial charge in [-0.25, -0.2) is 8.78 Å². The fraction of sp³-hybridized carbons (Fsp3) is 0.632. The highest BCUT2D eigenvalue weighted by atomic mass is 127. The van der Waals surface area contributed by atoms with Gasteiger partial charge in [0, 0.05) is 26.7 Å². The standard InChI is InChI=1S/C19H31F2N3O3.HI/c1-3-4-9-25-11-12-26-10-8-23-19(22-2)24-14-16-6-5-7-17(13-16)27-15-18(20)21;/h5-7,13,18H,3-4,8-12,14-15H2,1-2H3,(H2,22,23,24);1H. The quantitative estimate of drug-likeness (QED) is 0.172. The number of rotatable bonds is 14. The van der Waals surface area contributed by atoms with E-state index in [-0.39, 0.29) is 24.0 Å². The summed E-state index contributed by atoms with van der Waals surface area (Å²) in [6, 6.07) is 7.04. The van der Waals surface area contributed by atoms with Crippen LogP contribution in [0.4, 0.5) is 8.78 Å². The van der Waals surface area contributed by atoms with E-state index >= 15 is 0 Å². The largest absolute Gasteiger partial charge is 0.488 e. The highest BCUT2D eigenvalue weighted by Gasteiger charge is 2.04. The van der Waals surface area contributed by atoms with Crippen LogP contribution in [0, 0.1) is 0 Å². The summed E-state index contributed by atoms with van der Waals surface area (Å²) in [7, 11) is 1.68. The number of halogens is 3. The van der Waals surface area contributed by atoms with Crippen molar-refractivity contribution < 1.29 is 23.0 Å². The number of nitrogens with one attached hydrogen (secondary N) is 2. The predicted molar refractivity (Wildman–Crippen MR) is 118 cm³/mol. The second-order valence-corrected chi connectivity index (χ2v) is 5.78. The van der Waals surface area contributed by atoms with E-state index in [1.807, 2.05) is 6.07 Å². The number of ether oxygens (including phenoxy) is 3. The smallest absolute Gasteiger partial charge is 0.272 e. The normalized spacial score (nSPS) is 11.2. The van der Waals surface area contributed by atoms with Crippen molar-refractivity contribution in [3.05, 3.63) is 29.8 Å². The predicted octanol–water partition coefficient (Wildman–Crippen LogP) is 3.45. The second kappa shape index (κ2) is 17.9. The topological polar surface area (TPSA) is 64.1 Å². The monoisotopic (exact) mass is 515 g/mol. The number of benzene rings is 1. The minimum absolute atomic E-state index is 0. The Morgan fingerprint density at radius 1 is 1.11 bits per heavy atom. The lowest BCUT2D eigenvalue weighted by Gasteiger charge is -2.13. The van der Waals surface area contributed by atoms with Crippen LogP contribution in [0.25, 0.3) is 0 Å². The zero-order valence-electron chi connectivity index (χ0n) is 16.6. The molecule has 1 aromatic carbocycles. The van der Waals surface area contributed by atoms with Crippen LogP contribution >= 0.6 is 24.0 Å². The van der Waals surface area contributed by atoms with Crippen molar-refractivity contribution in [3.63, 3.8) is 0 Å². The van der Waals surface area contributed by atoms with Gasteiger partial charge < -0.3 is 24.8 Å². The molecule has 9 heteroatoms. The summed E-state index contributed by atoms with van der Waals surface area (Å²) in [5.74, 6) is 1.06. The zero-order chi connectivity index (χ0) is 19.7. The van der Waals surface area contributed by atoms with E-state index < -0.39 is 13.0 Å². The molecule has 1 rings (SSSR count). The summed E-state index contributed by atoms with van der Waals surface area (Å²) in [5, 5.41) is 6.31. The first kappa shape index (κ1) is 26.8. The Morgan fingerprint density at radius 3 is 2.54 bits per heavy atom. The third-order valence-corrected chi connectivity index (χ3v) is 3.51. The minimum atomic E-state index is -2.49. The molecule has 0 fully saturated rings. The Hall–Kier alpha value is -1.20. The summed E-state index contributed by atoms with van der Waals surface area (Å²) >= 11 is 0. The molecule has 28 heavy (non-hydrogen) atoms. The number of guanidine groups is 1. The highest BCUT2D eigenvalue weighted by molar-refractivity contribution is 14.0. The first-order chi connectivity index (χ1) is 13.2. The lowest BCUT2D eigenvalue weighted by molar-refractivity contribution is 0.0487. The van der Waals surface area contributed by atoms with Gasteiger partial charge in [-0.3, -0.25) is 4.99 Å². The number of aliphatic imine (C=N–C) groups is 1. The molecule has 0 radical (unpaired) electrons. The van der Waals surface area contributed by atoms with Crippen molar-refractivity contribution in [1.82, 2.24) is 10.6 Å². The van der Waals surface area contributed by atoms with Gasteiger partial charge in [-0.1, -0.05) is 25.5 Å². The Morgan fingerprint density at radius 2 is 1.86 bits per heavy atom. The molecule has 0 bridgehead atoms. The van der Waals surface area contributed by atoms with Gasteiger partial charge in [-0.2, -0.15) is 0 Å². The van der Waals surface area contributed by atoms with Gasteiger partial charge in [0.2, 0.25) is 0 Å². The molecule has 162 valence electrons. The average Bonchev–Trinajstić information content (AvgIpc) is 2.67. The third kappa shape index (κ3) is 13.9. The van der Waals surface area contributed by atoms with E-state index in [4.69, 9.17) is 14.2 Å². The molecule has 0 spiro atoms. The van der Waals surface area contributed by atoms with Crippen molar-refractivity contribution in [2.45, 2.75) is 32.7 Å². The Bertz CT molecular complexity index is 537. The van der Waals surface area contributed by atoms with Crippen LogP contribution in [0.2, 0.25) is 0 Å². The maximum Gasteiger partial charge on any atom is 0.272 e. The number of alkyl halides is 2. The summed E-state index contributed by atoms with van der Waals surface area (Å²) in [6.07, 6.45) is -0.283. The van der Waals surface area contributed by atoms with E-state index in [0.29, 0.717) is 44.6 Å². The molecule has 2 N–H and O–H groups in total. The van der Waals surface area contributed by atoms with Crippen molar-refractivity contribution in [3.8, 4) is 5.75 Å². The van der Waals surface area contributed by atoms with Crippen molar-refractivity contribution in [1.29, 1.82) is 0 Å². The maximum absolute atomic E-state index is 12.2. The minimum Gasteiger partial charge on any atom is -0.488 e. The van der Waals surface area contributed by atoms with Gasteiger partial charge >= 0.3 is 0 Å². The van der Waals surface area contributed by atoms with E-state index in [1.165, 1.54) is 0 Å². The van der Waals surface area contributed by atoms with Crippen LogP contribution in [0.1, 0.15) is 25.3 Å². The van der Waals surface area contributed by atoms with Gasteiger partial charge in [0.1, 0.15) is 12.4 Å². The molecule has 0 unspecified atom stereocenters. The average molecular weight is 515 g/mol. The van der Waals surface area contributed by atoms with E-state index in [1.54, 1.807) is 25.2 Å². The van der Waals surface area contributed by atoms with Gasteiger partial charge in [0.25, 0.3) is 6.43 Å². The van der Waals surface area contributed by atoms with E-state index in [2.05, 4.69) is 22.5 Å². The van der Waals surface area contributed by atoms with Crippen molar-refractivity contribution in [2.75, 3.05) is 46.6 Å². The van der Waals surface area contributed by atoms with Crippen LogP contribution in [0.5, 0.6) is 5.75 Å². The molecule has 0 amide bonds. The molecular weight excluding hydrogens is 483 g/mol. The van der Waals surface area contributed by atoms with Crippen LogP contribution < -0.4 is 15.4 Å². The van der Waals surface area contributed by atoms with Crippen molar-refractivity contribution >= 4 is 29.9 Å². The van der Waals surface area contributed by atoms with Gasteiger partial charge in [0.05, 0.1) is 19.8 Å². The molecule has 0 heterocycles. The maximum atomic E-state index is 12.2. The fourth-order valence-corrected chi connectivity index (χ4v) is 2.12. The van der Waals surface area contributed by atoms with Crippen LogP contribution in [0.15, 0.2) is 29.3 Å². The van der Waals surface area contributed by atoms with Crippen LogP contribution in [-0.2, 0) is 16.0 Å². The summed E-state index contributed by atoms with van der Waals surface area (Å²) < 4.78 is 40.3. The molecule has 0 saturated heterocycles. The summed E-state index contributed by atoms with van der Waals surface area (Å²) in [6.45, 7) is 5.15. The molecule has 0 saturated carbocycles. The number of unbranched alkanes of at least 4 members (excludes halogenated alkanes) is 1. The molecule has 6 nitrogen and oxygen atoms in total. The van der Waals surface area contributed by atoms with Crippen LogP contribution in [0.3, 0.4) is 0 Å². The highest BCUT2D eigenvalue weighted by Crippen LogP contribution is 2.14. The van der Waals surface area contributed by atoms with Gasteiger partial charge in [0.15, 0.2) is 5.96 Å². The molecule has 0 aliphatic heterocycles. The fourth-order valence-electron chi connectivity index (χ4n) is 2.12. The second-order valence-electron chi connectivity index (χ2n) is 5.78. The van der Waals surface area contributed by atoms with Gasteiger partial charge in [-0.15, -0.1) is 24.0 Å². The summed E-state index contributed by atoms with van der Waals surface area (Å²) in [5.41, 5.74) is 0.908. The SMILES string of the molecule is CCCCOCCOCCNC(=NC)NCc1cccc(OCC(F)F)c1.I. The number of hydrogen-bond acceptors (Lipinski definition) is 4. The Balaban J connectivity index is 0.00000729. The van der Waals surface area contributed by atoms with Crippen LogP contribution in [-0.4, -0.2) is 59.0 Å². The Kier molecular flexibility index (Phi) is 17.1. The number of nitrogens with zero attached hydrogens (tertiary/aromatic N) is 1. The van der Waals surface area contributed by atoms with E-state index in [0.717, 1.165) is 25.0 Å². The molecule has 0 atom stereocenters. The van der Waals surface area contributed by atoms with E-state index in [9.17, 15) is 8.78 Å². The molecular formula is C19H32F2IN3O3. The first-order valence-electron chi connectivity index (χ1n) is 9.25. The molecule has 0 aliphatic carbocycles. The lowest BCUT2D eigenvalue weighted by atomic mass is 10.2. The van der Waals surface area contributed by atoms with Gasteiger partial charge in [-0.05, 0) is 24.1 Å². The Labute approximate surface area is 183 Å². The van der Waals surface area contributed by atoms with Crippen molar-refractivity contribution in [2.24, 2.45) is 4.99 Å². The zero-order valence-corrected chi connectivity index (χ0v) is 18.9.